The normalized spacial score (nSPS) is 11.4. The molecule has 2 aromatic heterocycles. The molecule has 4 aromatic rings. The van der Waals surface area contributed by atoms with Crippen molar-refractivity contribution in [1.82, 2.24) is 9.97 Å². The van der Waals surface area contributed by atoms with Gasteiger partial charge in [0.1, 0.15) is 23.4 Å². The average molecular weight is 404 g/mol. The van der Waals surface area contributed by atoms with Gasteiger partial charge in [0.25, 0.3) is 0 Å². The van der Waals surface area contributed by atoms with E-state index in [2.05, 4.69) is 16.0 Å². The monoisotopic (exact) mass is 403 g/mol. The van der Waals surface area contributed by atoms with Crippen LogP contribution >= 0.6 is 11.6 Å². The minimum Gasteiger partial charge on any atom is -0.465 e. The summed E-state index contributed by atoms with van der Waals surface area (Å²) in [6.45, 7) is 0. The number of rotatable bonds is 4. The highest BCUT2D eigenvalue weighted by molar-refractivity contribution is 6.33. The summed E-state index contributed by atoms with van der Waals surface area (Å²) >= 11 is 6.06. The third-order valence-electron chi connectivity index (χ3n) is 4.33. The zero-order valence-corrected chi connectivity index (χ0v) is 16.0. The number of benzene rings is 2. The van der Waals surface area contributed by atoms with Crippen LogP contribution < -0.4 is 0 Å². The molecule has 0 saturated carbocycles. The van der Waals surface area contributed by atoms with E-state index in [0.717, 1.165) is 11.0 Å². The van der Waals surface area contributed by atoms with Crippen molar-refractivity contribution in [2.75, 3.05) is 7.11 Å². The number of ether oxygens (including phenoxy) is 1. The minimum absolute atomic E-state index is 0.250. The van der Waals surface area contributed by atoms with Crippen LogP contribution in [0.3, 0.4) is 0 Å². The van der Waals surface area contributed by atoms with E-state index in [0.29, 0.717) is 33.5 Å². The average Bonchev–Trinajstić information content (AvgIpc) is 3.38. The summed E-state index contributed by atoms with van der Waals surface area (Å²) < 4.78 is 10.6. The highest BCUT2D eigenvalue weighted by Crippen LogP contribution is 2.29. The second-order valence-corrected chi connectivity index (χ2v) is 6.57. The largest absolute Gasteiger partial charge is 0.465 e. The van der Waals surface area contributed by atoms with Crippen LogP contribution in [-0.2, 0) is 4.74 Å². The number of halogens is 1. The van der Waals surface area contributed by atoms with Gasteiger partial charge in [0.05, 0.1) is 34.3 Å². The molecule has 0 unspecified atom stereocenters. The minimum atomic E-state index is -0.528. The molecule has 1 N–H and O–H groups in total. The van der Waals surface area contributed by atoms with Crippen LogP contribution in [0.2, 0.25) is 5.02 Å². The van der Waals surface area contributed by atoms with E-state index < -0.39 is 5.97 Å². The second-order valence-electron chi connectivity index (χ2n) is 6.16. The molecule has 6 nitrogen and oxygen atoms in total. The fourth-order valence-electron chi connectivity index (χ4n) is 2.91. The third-order valence-corrected chi connectivity index (χ3v) is 4.66. The Morgan fingerprint density at radius 3 is 2.83 bits per heavy atom. The lowest BCUT2D eigenvalue weighted by atomic mass is 10.1. The molecule has 2 heterocycles. The number of aromatic nitrogens is 2. The van der Waals surface area contributed by atoms with Crippen molar-refractivity contribution in [2.45, 2.75) is 0 Å². The predicted molar refractivity (Wildman–Crippen MR) is 110 cm³/mol. The highest BCUT2D eigenvalue weighted by atomic mass is 35.5. The number of para-hydroxylation sites is 2. The number of nitrogens with zero attached hydrogens (tertiary/aromatic N) is 2. The van der Waals surface area contributed by atoms with E-state index in [-0.39, 0.29) is 5.56 Å². The van der Waals surface area contributed by atoms with Gasteiger partial charge in [-0.05, 0) is 42.5 Å². The summed E-state index contributed by atoms with van der Waals surface area (Å²) in [6.07, 6.45) is 1.61. The Labute approximate surface area is 171 Å². The van der Waals surface area contributed by atoms with Crippen LogP contribution in [0, 0.1) is 11.3 Å². The summed E-state index contributed by atoms with van der Waals surface area (Å²) in [5.41, 5.74) is 2.88. The number of fused-ring (bicyclic) bond motifs is 1. The van der Waals surface area contributed by atoms with Gasteiger partial charge < -0.3 is 14.1 Å². The molecule has 0 atom stereocenters. The van der Waals surface area contributed by atoms with Gasteiger partial charge in [0.15, 0.2) is 0 Å². The topological polar surface area (TPSA) is 91.9 Å². The van der Waals surface area contributed by atoms with Gasteiger partial charge in [-0.25, -0.2) is 9.78 Å². The Kier molecular flexibility index (Phi) is 4.90. The maximum Gasteiger partial charge on any atom is 0.339 e. The second kappa shape index (κ2) is 7.66. The molecule has 7 heteroatoms. The van der Waals surface area contributed by atoms with E-state index in [1.54, 1.807) is 36.4 Å². The molecule has 2 aromatic carbocycles. The van der Waals surface area contributed by atoms with E-state index in [4.69, 9.17) is 20.8 Å². The lowest BCUT2D eigenvalue weighted by Crippen LogP contribution is -2.02. The number of hydrogen-bond donors (Lipinski definition) is 1. The number of carbonyl (C=O) groups excluding carboxylic acids is 1. The summed E-state index contributed by atoms with van der Waals surface area (Å²) in [6, 6.07) is 18.1. The first kappa shape index (κ1) is 18.5. The van der Waals surface area contributed by atoms with Gasteiger partial charge in [-0.15, -0.1) is 0 Å². The standard InChI is InChI=1S/C22H14ClN3O3/c1-28-22(27)16-11-13(6-8-17(16)23)20-9-7-15(29-20)10-14(12-24)21-25-18-4-2-3-5-19(18)26-21/h2-11H,1H3,(H,25,26). The van der Waals surface area contributed by atoms with Crippen LogP contribution in [0.5, 0.6) is 0 Å². The number of H-pyrrole nitrogens is 1. The van der Waals surface area contributed by atoms with Crippen molar-refractivity contribution in [3.05, 3.63) is 76.8 Å². The summed E-state index contributed by atoms with van der Waals surface area (Å²) in [7, 11) is 1.29. The molecule has 0 aliphatic rings. The quantitative estimate of drug-likeness (QED) is 0.367. The van der Waals surface area contributed by atoms with Crippen molar-refractivity contribution in [3.63, 3.8) is 0 Å². The first-order valence-electron chi connectivity index (χ1n) is 8.64. The van der Waals surface area contributed by atoms with Gasteiger partial charge >= 0.3 is 5.97 Å². The molecule has 4 rings (SSSR count). The number of esters is 1. The third kappa shape index (κ3) is 3.64. The van der Waals surface area contributed by atoms with Crippen molar-refractivity contribution < 1.29 is 13.9 Å². The van der Waals surface area contributed by atoms with E-state index in [1.165, 1.54) is 7.11 Å². The summed E-state index contributed by atoms with van der Waals surface area (Å²) in [5, 5.41) is 9.85. The molecule has 142 valence electrons. The van der Waals surface area contributed by atoms with Crippen molar-refractivity contribution in [2.24, 2.45) is 0 Å². The molecular formula is C22H14ClN3O3. The zero-order chi connectivity index (χ0) is 20.4. The van der Waals surface area contributed by atoms with Gasteiger partial charge in [-0.1, -0.05) is 23.7 Å². The number of nitriles is 1. The van der Waals surface area contributed by atoms with Gasteiger partial charge in [-0.2, -0.15) is 5.26 Å². The van der Waals surface area contributed by atoms with Crippen LogP contribution in [0.1, 0.15) is 21.9 Å². The number of imidazole rings is 1. The Balaban J connectivity index is 1.68. The maximum atomic E-state index is 11.8. The zero-order valence-electron chi connectivity index (χ0n) is 15.3. The number of furan rings is 1. The van der Waals surface area contributed by atoms with Crippen molar-refractivity contribution >= 4 is 40.3 Å². The van der Waals surface area contributed by atoms with E-state index in [9.17, 15) is 10.1 Å². The smallest absolute Gasteiger partial charge is 0.339 e. The van der Waals surface area contributed by atoms with E-state index >= 15 is 0 Å². The van der Waals surface area contributed by atoms with Gasteiger partial charge in [0.2, 0.25) is 0 Å². The summed E-state index contributed by atoms with van der Waals surface area (Å²) in [4.78, 5) is 19.4. The molecule has 29 heavy (non-hydrogen) atoms. The van der Waals surface area contributed by atoms with Crippen molar-refractivity contribution in [3.8, 4) is 17.4 Å². The van der Waals surface area contributed by atoms with Crippen LogP contribution in [0.15, 0.2) is 59.0 Å². The molecule has 0 aliphatic carbocycles. The van der Waals surface area contributed by atoms with Gasteiger partial charge in [-0.3, -0.25) is 0 Å². The molecule has 0 amide bonds. The Morgan fingerprint density at radius 1 is 1.24 bits per heavy atom. The molecule has 0 fully saturated rings. The van der Waals surface area contributed by atoms with Crippen LogP contribution in [0.4, 0.5) is 0 Å². The number of methoxy groups -OCH3 is 1. The number of hydrogen-bond acceptors (Lipinski definition) is 5. The molecule has 0 spiro atoms. The molecule has 0 radical (unpaired) electrons. The Morgan fingerprint density at radius 2 is 2.07 bits per heavy atom. The Bertz CT molecular complexity index is 1260. The predicted octanol–water partition coefficient (Wildman–Crippen LogP) is 5.33. The number of aromatic amines is 1. The van der Waals surface area contributed by atoms with Gasteiger partial charge in [0, 0.05) is 11.6 Å². The number of nitrogens with one attached hydrogen (secondary N) is 1. The molecular weight excluding hydrogens is 390 g/mol. The maximum absolute atomic E-state index is 11.8. The molecule has 0 saturated heterocycles. The van der Waals surface area contributed by atoms with Crippen LogP contribution in [-0.4, -0.2) is 23.0 Å². The lowest BCUT2D eigenvalue weighted by Gasteiger charge is -2.04. The SMILES string of the molecule is COC(=O)c1cc(-c2ccc(C=C(C#N)c3nc4ccccc4[nH]3)o2)ccc1Cl. The van der Waals surface area contributed by atoms with Crippen molar-refractivity contribution in [1.29, 1.82) is 5.26 Å². The summed E-state index contributed by atoms with van der Waals surface area (Å²) in [5.74, 6) is 0.942. The first-order chi connectivity index (χ1) is 14.1. The first-order valence-corrected chi connectivity index (χ1v) is 9.02. The lowest BCUT2D eigenvalue weighted by molar-refractivity contribution is 0.0601. The number of allylic oxidation sites excluding steroid dienone is 1. The fraction of sp³-hybridized carbons (Fsp3) is 0.0455. The molecule has 0 bridgehead atoms. The van der Waals surface area contributed by atoms with Crippen LogP contribution in [0.25, 0.3) is 34.0 Å². The Hall–Kier alpha value is -3.82. The number of carbonyl (C=O) groups is 1. The fourth-order valence-corrected chi connectivity index (χ4v) is 3.10. The van der Waals surface area contributed by atoms with E-state index in [1.807, 2.05) is 24.3 Å². The highest BCUT2D eigenvalue weighted by Gasteiger charge is 2.14. The molecule has 0 aliphatic heterocycles.